The Bertz CT molecular complexity index is 1020. The summed E-state index contributed by atoms with van der Waals surface area (Å²) in [5, 5.41) is 11.6. The molecule has 0 aromatic rings. The van der Waals surface area contributed by atoms with E-state index in [-0.39, 0.29) is 42.7 Å². The van der Waals surface area contributed by atoms with Crippen molar-refractivity contribution in [2.45, 2.75) is 244 Å². The number of quaternary nitrogens is 1. The highest BCUT2D eigenvalue weighted by Crippen LogP contribution is 2.15. The van der Waals surface area contributed by atoms with Gasteiger partial charge in [0.05, 0.1) is 40.3 Å². The number of carbonyl (C=O) groups is 3. The largest absolute Gasteiger partial charge is 0.544 e. The summed E-state index contributed by atoms with van der Waals surface area (Å²) in [6, 6.07) is -0.724. The summed E-state index contributed by atoms with van der Waals surface area (Å²) in [5.41, 5.74) is 0. The van der Waals surface area contributed by atoms with E-state index in [1.165, 1.54) is 148 Å². The monoisotopic (exact) mass is 834 g/mol. The zero-order valence-corrected chi connectivity index (χ0v) is 39.4. The highest BCUT2D eigenvalue weighted by atomic mass is 16.6. The van der Waals surface area contributed by atoms with Crippen molar-refractivity contribution in [3.05, 3.63) is 24.3 Å². The first-order valence-electron chi connectivity index (χ1n) is 24.9. The van der Waals surface area contributed by atoms with Crippen LogP contribution in [-0.2, 0) is 28.6 Å². The molecule has 0 aliphatic carbocycles. The van der Waals surface area contributed by atoms with Crippen LogP contribution in [0, 0.1) is 0 Å². The number of unbranched alkanes of at least 4 members (excludes halogenated alkanes) is 27. The van der Waals surface area contributed by atoms with Crippen molar-refractivity contribution in [3.63, 3.8) is 0 Å². The second-order valence-corrected chi connectivity index (χ2v) is 18.1. The van der Waals surface area contributed by atoms with E-state index in [0.717, 1.165) is 51.4 Å². The van der Waals surface area contributed by atoms with Crippen molar-refractivity contribution in [1.29, 1.82) is 0 Å². The number of carboxylic acid groups (broad SMARTS) is 1. The third-order valence-electron chi connectivity index (χ3n) is 11.3. The Kier molecular flexibility index (Phi) is 40.9. The van der Waals surface area contributed by atoms with Crippen LogP contribution < -0.4 is 5.11 Å². The van der Waals surface area contributed by atoms with Crippen LogP contribution in [0.2, 0.25) is 0 Å². The molecule has 0 spiro atoms. The SMILES string of the molecule is CCCCCCCCCC/C=C/C/C=C/CCCCCCCCCC(=O)OC(COCCC(C(=O)[O-])[N+](C)(C)C)COC(=O)CCCCCCCCCCCCCCC. The van der Waals surface area contributed by atoms with Crippen molar-refractivity contribution in [2.75, 3.05) is 41.0 Å². The Morgan fingerprint density at radius 1 is 0.508 bits per heavy atom. The first-order valence-corrected chi connectivity index (χ1v) is 24.9. The minimum atomic E-state index is -1.12. The first-order chi connectivity index (χ1) is 28.6. The van der Waals surface area contributed by atoms with Crippen LogP contribution in [0.1, 0.15) is 232 Å². The standard InChI is InChI=1S/C51H95NO7/c1-6-8-10-12-14-16-18-20-21-22-23-24-25-26-27-28-30-32-34-36-38-40-42-50(54)59-47(45-57-44-43-48(51(55)56)52(3,4)5)46-58-49(53)41-39-37-35-33-31-29-19-17-15-13-11-9-7-2/h22-23,25-26,47-48H,6-21,24,27-46H2,1-5H3/b23-22+,26-25+. The van der Waals surface area contributed by atoms with Crippen LogP contribution in [0.3, 0.4) is 0 Å². The lowest BCUT2D eigenvalue weighted by Crippen LogP contribution is -2.55. The average molecular weight is 834 g/mol. The van der Waals surface area contributed by atoms with Crippen LogP contribution in [0.25, 0.3) is 0 Å². The molecule has 2 unspecified atom stereocenters. The van der Waals surface area contributed by atoms with E-state index >= 15 is 0 Å². The third-order valence-corrected chi connectivity index (χ3v) is 11.3. The molecule has 0 aliphatic heterocycles. The number of hydrogen-bond acceptors (Lipinski definition) is 7. The van der Waals surface area contributed by atoms with Gasteiger partial charge in [0.25, 0.3) is 0 Å². The number of ether oxygens (including phenoxy) is 3. The van der Waals surface area contributed by atoms with Gasteiger partial charge in [-0.15, -0.1) is 0 Å². The number of esters is 2. The molecule has 0 radical (unpaired) electrons. The number of hydrogen-bond donors (Lipinski definition) is 0. The molecule has 8 nitrogen and oxygen atoms in total. The maximum Gasteiger partial charge on any atom is 0.306 e. The van der Waals surface area contributed by atoms with Gasteiger partial charge in [-0.05, 0) is 44.9 Å². The molecule has 0 saturated carbocycles. The molecule has 59 heavy (non-hydrogen) atoms. The molecule has 0 fully saturated rings. The van der Waals surface area contributed by atoms with Crippen LogP contribution in [0.15, 0.2) is 24.3 Å². The number of rotatable bonds is 45. The molecule has 0 aliphatic rings. The molecule has 0 bridgehead atoms. The van der Waals surface area contributed by atoms with Gasteiger partial charge in [0, 0.05) is 19.3 Å². The molecule has 0 N–H and O–H groups in total. The van der Waals surface area contributed by atoms with Crippen molar-refractivity contribution in [3.8, 4) is 0 Å². The fourth-order valence-corrected chi connectivity index (χ4v) is 7.46. The molecule has 0 aromatic carbocycles. The van der Waals surface area contributed by atoms with Gasteiger partial charge in [-0.25, -0.2) is 0 Å². The van der Waals surface area contributed by atoms with Crippen molar-refractivity contribution in [1.82, 2.24) is 0 Å². The summed E-state index contributed by atoms with van der Waals surface area (Å²) < 4.78 is 17.2. The van der Waals surface area contributed by atoms with E-state index in [9.17, 15) is 19.5 Å². The Balaban J connectivity index is 4.24. The first kappa shape index (κ1) is 56.8. The van der Waals surface area contributed by atoms with Gasteiger partial charge in [-0.3, -0.25) is 9.59 Å². The van der Waals surface area contributed by atoms with Crippen LogP contribution in [-0.4, -0.2) is 75.5 Å². The molecule has 0 amide bonds. The highest BCUT2D eigenvalue weighted by Gasteiger charge is 2.25. The second kappa shape index (κ2) is 42.5. The Morgan fingerprint density at radius 3 is 1.31 bits per heavy atom. The number of carbonyl (C=O) groups excluding carboxylic acids is 3. The lowest BCUT2D eigenvalue weighted by atomic mass is 10.0. The Labute approximate surface area is 364 Å². The molecule has 0 saturated heterocycles. The molecule has 0 rings (SSSR count). The summed E-state index contributed by atoms with van der Waals surface area (Å²) in [6.07, 6.45) is 47.7. The van der Waals surface area contributed by atoms with E-state index in [1.807, 2.05) is 0 Å². The maximum atomic E-state index is 12.8. The summed E-state index contributed by atoms with van der Waals surface area (Å²) >= 11 is 0. The van der Waals surface area contributed by atoms with Gasteiger partial charge >= 0.3 is 11.9 Å². The zero-order chi connectivity index (χ0) is 43.5. The minimum Gasteiger partial charge on any atom is -0.544 e. The predicted octanol–water partition coefficient (Wildman–Crippen LogP) is 12.7. The zero-order valence-electron chi connectivity index (χ0n) is 39.4. The van der Waals surface area contributed by atoms with Crippen LogP contribution >= 0.6 is 0 Å². The van der Waals surface area contributed by atoms with Crippen LogP contribution in [0.4, 0.5) is 0 Å². The molecule has 8 heteroatoms. The maximum absolute atomic E-state index is 12.8. The van der Waals surface area contributed by atoms with Gasteiger partial charge in [0.1, 0.15) is 12.6 Å². The average Bonchev–Trinajstić information content (AvgIpc) is 3.19. The van der Waals surface area contributed by atoms with E-state index < -0.39 is 18.1 Å². The van der Waals surface area contributed by atoms with E-state index in [2.05, 4.69) is 38.2 Å². The number of allylic oxidation sites excluding steroid dienone is 4. The number of nitrogens with zero attached hydrogens (tertiary/aromatic N) is 1. The summed E-state index contributed by atoms with van der Waals surface area (Å²) in [5.74, 6) is -1.73. The van der Waals surface area contributed by atoms with Crippen LogP contribution in [0.5, 0.6) is 0 Å². The smallest absolute Gasteiger partial charge is 0.306 e. The van der Waals surface area contributed by atoms with Gasteiger partial charge in [0.2, 0.25) is 0 Å². The molecular formula is C51H95NO7. The third kappa shape index (κ3) is 41.0. The van der Waals surface area contributed by atoms with E-state index in [1.54, 1.807) is 21.1 Å². The van der Waals surface area contributed by atoms with Crippen molar-refractivity contribution < 1.29 is 38.2 Å². The number of likely N-dealkylation sites (N-methyl/N-ethyl adjacent to an activating group) is 1. The molecular weight excluding hydrogens is 739 g/mol. The molecule has 346 valence electrons. The van der Waals surface area contributed by atoms with Gasteiger partial charge in [-0.1, -0.05) is 192 Å². The Morgan fingerprint density at radius 2 is 0.898 bits per heavy atom. The minimum absolute atomic E-state index is 0.0416. The summed E-state index contributed by atoms with van der Waals surface area (Å²) in [4.78, 5) is 36.9. The lowest BCUT2D eigenvalue weighted by molar-refractivity contribution is -0.889. The van der Waals surface area contributed by atoms with Crippen molar-refractivity contribution >= 4 is 17.9 Å². The molecule has 2 atom stereocenters. The number of carboxylic acids is 1. The predicted molar refractivity (Wildman–Crippen MR) is 245 cm³/mol. The quantitative estimate of drug-likeness (QED) is 0.0260. The van der Waals surface area contributed by atoms with E-state index in [4.69, 9.17) is 14.2 Å². The highest BCUT2D eigenvalue weighted by molar-refractivity contribution is 5.70. The normalized spacial score (nSPS) is 13.0. The lowest BCUT2D eigenvalue weighted by Gasteiger charge is -2.34. The Hall–Kier alpha value is -2.19. The fraction of sp³-hybridized carbons (Fsp3) is 0.863. The molecule has 0 aromatic heterocycles. The summed E-state index contributed by atoms with van der Waals surface area (Å²) in [6.45, 7) is 4.68. The van der Waals surface area contributed by atoms with Gasteiger partial charge in [0.15, 0.2) is 6.10 Å². The van der Waals surface area contributed by atoms with Gasteiger partial charge in [-0.2, -0.15) is 0 Å². The van der Waals surface area contributed by atoms with Gasteiger partial charge < -0.3 is 28.6 Å². The fourth-order valence-electron chi connectivity index (χ4n) is 7.46. The van der Waals surface area contributed by atoms with Crippen molar-refractivity contribution in [2.24, 2.45) is 0 Å². The molecule has 0 heterocycles. The number of aliphatic carboxylic acids is 1. The summed E-state index contributed by atoms with van der Waals surface area (Å²) in [7, 11) is 5.42. The second-order valence-electron chi connectivity index (χ2n) is 18.1. The van der Waals surface area contributed by atoms with E-state index in [0.29, 0.717) is 12.8 Å². The topological polar surface area (TPSA) is 102 Å².